The predicted octanol–water partition coefficient (Wildman–Crippen LogP) is 5.00. The van der Waals surface area contributed by atoms with Crippen molar-refractivity contribution >= 4 is 44.8 Å². The standard InChI is InChI=1S/C17H14BrNO5S/c1-2-3-16-11(18)7-17(25-16)13(20)5-4-10-6-14-15(24-9-23-14)8-12(10)19(21)22/h4-8H,2-3,9H2,1H3/b5-4+. The summed E-state index contributed by atoms with van der Waals surface area (Å²) in [6.45, 7) is 2.11. The zero-order chi connectivity index (χ0) is 18.0. The second-order valence-corrected chi connectivity index (χ2v) is 7.34. The first-order valence-electron chi connectivity index (χ1n) is 7.58. The van der Waals surface area contributed by atoms with E-state index in [2.05, 4.69) is 22.9 Å². The van der Waals surface area contributed by atoms with E-state index in [-0.39, 0.29) is 18.3 Å². The molecule has 2 heterocycles. The largest absolute Gasteiger partial charge is 0.454 e. The van der Waals surface area contributed by atoms with E-state index in [1.54, 1.807) is 6.07 Å². The molecular formula is C17H14BrNO5S. The molecule has 25 heavy (non-hydrogen) atoms. The highest BCUT2D eigenvalue weighted by molar-refractivity contribution is 9.10. The second kappa shape index (κ2) is 7.37. The van der Waals surface area contributed by atoms with Crippen LogP contribution in [0.5, 0.6) is 11.5 Å². The van der Waals surface area contributed by atoms with Gasteiger partial charge in [0.05, 0.1) is 21.4 Å². The SMILES string of the molecule is CCCc1sc(C(=O)/C=C/c2cc3c(cc2[N+](=O)[O-])OCO3)cc1Br. The summed E-state index contributed by atoms with van der Waals surface area (Å²) in [5.74, 6) is 0.573. The van der Waals surface area contributed by atoms with Gasteiger partial charge in [-0.05, 0) is 46.6 Å². The monoisotopic (exact) mass is 423 g/mol. The molecule has 2 aromatic rings. The van der Waals surface area contributed by atoms with Crippen LogP contribution in [-0.4, -0.2) is 17.5 Å². The third-order valence-corrected chi connectivity index (χ3v) is 5.79. The number of aryl methyl sites for hydroxylation is 1. The van der Waals surface area contributed by atoms with Crippen molar-refractivity contribution in [2.24, 2.45) is 0 Å². The minimum Gasteiger partial charge on any atom is -0.454 e. The van der Waals surface area contributed by atoms with Crippen LogP contribution >= 0.6 is 27.3 Å². The van der Waals surface area contributed by atoms with E-state index in [0.717, 1.165) is 22.2 Å². The van der Waals surface area contributed by atoms with Crippen LogP contribution in [0.1, 0.15) is 33.5 Å². The van der Waals surface area contributed by atoms with E-state index >= 15 is 0 Å². The number of rotatable bonds is 6. The van der Waals surface area contributed by atoms with Crippen LogP contribution in [0.15, 0.2) is 28.7 Å². The molecule has 0 amide bonds. The Kier molecular flexibility index (Phi) is 5.19. The zero-order valence-electron chi connectivity index (χ0n) is 13.3. The molecule has 0 atom stereocenters. The van der Waals surface area contributed by atoms with Crippen LogP contribution in [0.2, 0.25) is 0 Å². The highest BCUT2D eigenvalue weighted by Gasteiger charge is 2.22. The van der Waals surface area contributed by atoms with Crippen molar-refractivity contribution in [2.75, 3.05) is 6.79 Å². The number of carbonyl (C=O) groups is 1. The maximum absolute atomic E-state index is 12.4. The fourth-order valence-corrected chi connectivity index (χ4v) is 4.31. The molecule has 0 saturated carbocycles. The van der Waals surface area contributed by atoms with Gasteiger partial charge in [-0.2, -0.15) is 0 Å². The third-order valence-electron chi connectivity index (χ3n) is 3.61. The fraction of sp³-hybridized carbons (Fsp3) is 0.235. The van der Waals surface area contributed by atoms with Gasteiger partial charge in [0.25, 0.3) is 5.69 Å². The first-order chi connectivity index (χ1) is 12.0. The number of hydrogen-bond donors (Lipinski definition) is 0. The number of fused-ring (bicyclic) bond motifs is 1. The Labute approximate surface area is 156 Å². The Morgan fingerprint density at radius 2 is 2.08 bits per heavy atom. The van der Waals surface area contributed by atoms with Crippen molar-refractivity contribution in [3.63, 3.8) is 0 Å². The number of thiophene rings is 1. The van der Waals surface area contributed by atoms with Crippen molar-refractivity contribution < 1.29 is 19.2 Å². The minimum absolute atomic E-state index is 0.0298. The smallest absolute Gasteiger partial charge is 0.280 e. The van der Waals surface area contributed by atoms with E-state index < -0.39 is 4.92 Å². The van der Waals surface area contributed by atoms with Crippen LogP contribution in [0.25, 0.3) is 6.08 Å². The van der Waals surface area contributed by atoms with E-state index in [1.807, 2.05) is 0 Å². The van der Waals surface area contributed by atoms with Gasteiger partial charge in [-0.15, -0.1) is 11.3 Å². The lowest BCUT2D eigenvalue weighted by molar-refractivity contribution is -0.385. The Morgan fingerprint density at radius 3 is 2.76 bits per heavy atom. The van der Waals surface area contributed by atoms with Crippen LogP contribution in [0.4, 0.5) is 5.69 Å². The molecule has 130 valence electrons. The molecule has 0 unspecified atom stereocenters. The Morgan fingerprint density at radius 1 is 1.36 bits per heavy atom. The van der Waals surface area contributed by atoms with Crippen molar-refractivity contribution in [1.82, 2.24) is 0 Å². The number of nitro benzene ring substituents is 1. The molecule has 8 heteroatoms. The van der Waals surface area contributed by atoms with E-state index in [4.69, 9.17) is 9.47 Å². The molecule has 6 nitrogen and oxygen atoms in total. The molecule has 1 aliphatic heterocycles. The molecule has 1 aromatic heterocycles. The topological polar surface area (TPSA) is 78.7 Å². The molecule has 1 aromatic carbocycles. The van der Waals surface area contributed by atoms with Gasteiger partial charge in [-0.25, -0.2) is 0 Å². The second-order valence-electron chi connectivity index (χ2n) is 5.35. The highest BCUT2D eigenvalue weighted by atomic mass is 79.9. The molecule has 0 fully saturated rings. The van der Waals surface area contributed by atoms with Crippen LogP contribution in [-0.2, 0) is 6.42 Å². The van der Waals surface area contributed by atoms with Gasteiger partial charge in [0.15, 0.2) is 17.3 Å². The fourth-order valence-electron chi connectivity index (χ4n) is 2.41. The molecule has 0 spiro atoms. The van der Waals surface area contributed by atoms with E-state index in [0.29, 0.717) is 21.9 Å². The van der Waals surface area contributed by atoms with Crippen LogP contribution in [0.3, 0.4) is 0 Å². The molecule has 0 radical (unpaired) electrons. The summed E-state index contributed by atoms with van der Waals surface area (Å²) in [6.07, 6.45) is 4.68. The highest BCUT2D eigenvalue weighted by Crippen LogP contribution is 2.38. The normalized spacial score (nSPS) is 12.7. The van der Waals surface area contributed by atoms with Gasteiger partial charge < -0.3 is 9.47 Å². The molecule has 0 saturated heterocycles. The van der Waals surface area contributed by atoms with E-state index in [1.165, 1.54) is 35.6 Å². The summed E-state index contributed by atoms with van der Waals surface area (Å²) in [5.41, 5.74) is 0.166. The van der Waals surface area contributed by atoms with Crippen molar-refractivity contribution in [2.45, 2.75) is 19.8 Å². The predicted molar refractivity (Wildman–Crippen MR) is 98.6 cm³/mol. The van der Waals surface area contributed by atoms with Crippen LogP contribution < -0.4 is 9.47 Å². The lowest BCUT2D eigenvalue weighted by Gasteiger charge is -2.00. The average Bonchev–Trinajstić information content (AvgIpc) is 3.18. The number of nitrogens with zero attached hydrogens (tertiary/aromatic N) is 1. The molecule has 0 N–H and O–H groups in total. The third kappa shape index (κ3) is 3.74. The lowest BCUT2D eigenvalue weighted by Crippen LogP contribution is -1.93. The van der Waals surface area contributed by atoms with Gasteiger partial charge >= 0.3 is 0 Å². The zero-order valence-corrected chi connectivity index (χ0v) is 15.7. The number of carbonyl (C=O) groups excluding carboxylic acids is 1. The van der Waals surface area contributed by atoms with Gasteiger partial charge in [-0.1, -0.05) is 13.3 Å². The number of nitro groups is 1. The Hall–Kier alpha value is -2.19. The maximum Gasteiger partial charge on any atom is 0.280 e. The summed E-state index contributed by atoms with van der Waals surface area (Å²) in [4.78, 5) is 24.8. The van der Waals surface area contributed by atoms with Gasteiger partial charge in [0.1, 0.15) is 0 Å². The number of halogens is 1. The molecule has 1 aliphatic rings. The van der Waals surface area contributed by atoms with Crippen LogP contribution in [0, 0.1) is 10.1 Å². The number of ether oxygens (including phenoxy) is 2. The molecule has 0 aliphatic carbocycles. The van der Waals surface area contributed by atoms with Crippen molar-refractivity contribution in [1.29, 1.82) is 0 Å². The molecule has 3 rings (SSSR count). The number of hydrogen-bond acceptors (Lipinski definition) is 6. The molecular weight excluding hydrogens is 410 g/mol. The summed E-state index contributed by atoms with van der Waals surface area (Å²) in [5, 5.41) is 11.2. The van der Waals surface area contributed by atoms with Crippen molar-refractivity contribution in [3.8, 4) is 11.5 Å². The summed E-state index contributed by atoms with van der Waals surface area (Å²) in [6, 6.07) is 4.61. The van der Waals surface area contributed by atoms with Gasteiger partial charge in [0.2, 0.25) is 6.79 Å². The average molecular weight is 424 g/mol. The Bertz CT molecular complexity index is 874. The summed E-state index contributed by atoms with van der Waals surface area (Å²) >= 11 is 4.89. The van der Waals surface area contributed by atoms with Crippen molar-refractivity contribution in [3.05, 3.63) is 54.2 Å². The lowest BCUT2D eigenvalue weighted by atomic mass is 10.1. The number of ketones is 1. The van der Waals surface area contributed by atoms with Gasteiger partial charge in [0, 0.05) is 9.35 Å². The van der Waals surface area contributed by atoms with E-state index in [9.17, 15) is 14.9 Å². The minimum atomic E-state index is -0.507. The first-order valence-corrected chi connectivity index (χ1v) is 9.19. The van der Waals surface area contributed by atoms with Gasteiger partial charge in [-0.3, -0.25) is 14.9 Å². The number of benzene rings is 1. The Balaban J connectivity index is 1.87. The molecule has 0 bridgehead atoms. The first kappa shape index (κ1) is 17.6. The number of allylic oxidation sites excluding steroid dienone is 1. The summed E-state index contributed by atoms with van der Waals surface area (Å²) in [7, 11) is 0. The maximum atomic E-state index is 12.4. The summed E-state index contributed by atoms with van der Waals surface area (Å²) < 4.78 is 11.3. The quantitative estimate of drug-likeness (QED) is 0.282.